The van der Waals surface area contributed by atoms with Crippen molar-refractivity contribution in [1.29, 1.82) is 5.26 Å². The van der Waals surface area contributed by atoms with Crippen LogP contribution in [0.3, 0.4) is 0 Å². The van der Waals surface area contributed by atoms with Gasteiger partial charge in [0.1, 0.15) is 11.9 Å². The molecule has 0 saturated heterocycles. The van der Waals surface area contributed by atoms with Gasteiger partial charge in [-0.05, 0) is 43.7 Å². The average molecular weight is 284 g/mol. The highest BCUT2D eigenvalue weighted by molar-refractivity contribution is 5.71. The lowest BCUT2D eigenvalue weighted by molar-refractivity contribution is 0.199. The van der Waals surface area contributed by atoms with Crippen LogP contribution in [0.2, 0.25) is 0 Å². The molecule has 3 nitrogen and oxygen atoms in total. The van der Waals surface area contributed by atoms with E-state index in [4.69, 9.17) is 0 Å². The molecule has 0 aliphatic heterocycles. The van der Waals surface area contributed by atoms with Gasteiger partial charge in [0.15, 0.2) is 0 Å². The van der Waals surface area contributed by atoms with Crippen LogP contribution in [0.5, 0.6) is 0 Å². The van der Waals surface area contributed by atoms with Crippen LogP contribution in [0, 0.1) is 24.1 Å². The number of nitriles is 1. The van der Waals surface area contributed by atoms with Gasteiger partial charge < -0.3 is 10.0 Å². The lowest BCUT2D eigenvalue weighted by atomic mass is 10.0. The van der Waals surface area contributed by atoms with E-state index in [1.807, 2.05) is 12.1 Å². The van der Waals surface area contributed by atoms with Gasteiger partial charge in [-0.15, -0.1) is 0 Å². The van der Waals surface area contributed by atoms with E-state index in [1.54, 1.807) is 44.0 Å². The van der Waals surface area contributed by atoms with Crippen LogP contribution >= 0.6 is 0 Å². The van der Waals surface area contributed by atoms with Crippen molar-refractivity contribution in [2.75, 3.05) is 11.9 Å². The SMILES string of the molecule is Cc1cc(N(C)c2ccccc2C#N)c([C@@H](C)O)cc1F. The zero-order valence-electron chi connectivity index (χ0n) is 12.3. The fourth-order valence-electron chi connectivity index (χ4n) is 2.30. The smallest absolute Gasteiger partial charge is 0.126 e. The molecule has 0 aliphatic carbocycles. The summed E-state index contributed by atoms with van der Waals surface area (Å²) in [6, 6.07) is 12.4. The van der Waals surface area contributed by atoms with Gasteiger partial charge in [0, 0.05) is 18.3 Å². The lowest BCUT2D eigenvalue weighted by Crippen LogP contribution is -2.15. The summed E-state index contributed by atoms with van der Waals surface area (Å²) in [4.78, 5) is 1.80. The fourth-order valence-corrected chi connectivity index (χ4v) is 2.30. The Morgan fingerprint density at radius 2 is 1.90 bits per heavy atom. The van der Waals surface area contributed by atoms with E-state index in [2.05, 4.69) is 6.07 Å². The van der Waals surface area contributed by atoms with E-state index < -0.39 is 6.10 Å². The number of hydrogen-bond donors (Lipinski definition) is 1. The first-order chi connectivity index (χ1) is 9.95. The molecule has 0 radical (unpaired) electrons. The maximum Gasteiger partial charge on any atom is 0.126 e. The van der Waals surface area contributed by atoms with Crippen molar-refractivity contribution >= 4 is 11.4 Å². The van der Waals surface area contributed by atoms with E-state index in [-0.39, 0.29) is 5.82 Å². The molecule has 108 valence electrons. The molecule has 2 rings (SSSR count). The number of hydrogen-bond acceptors (Lipinski definition) is 3. The summed E-state index contributed by atoms with van der Waals surface area (Å²) in [5.74, 6) is -0.350. The standard InChI is InChI=1S/C17H17FN2O/c1-11-8-17(14(12(2)21)9-15(11)18)20(3)16-7-5-4-6-13(16)10-19/h4-9,12,21H,1-3H3/t12-/m1/s1. The van der Waals surface area contributed by atoms with E-state index in [9.17, 15) is 14.8 Å². The molecule has 0 fully saturated rings. The zero-order valence-corrected chi connectivity index (χ0v) is 12.3. The average Bonchev–Trinajstić information content (AvgIpc) is 2.48. The Bertz CT molecular complexity index is 704. The molecule has 0 saturated carbocycles. The number of aliphatic hydroxyl groups excluding tert-OH is 1. The highest BCUT2D eigenvalue weighted by Crippen LogP contribution is 2.34. The van der Waals surface area contributed by atoms with Crippen LogP contribution in [0.25, 0.3) is 0 Å². The Kier molecular flexibility index (Phi) is 4.25. The third kappa shape index (κ3) is 2.88. The van der Waals surface area contributed by atoms with Crippen molar-refractivity contribution in [1.82, 2.24) is 0 Å². The van der Waals surface area contributed by atoms with E-state index in [1.165, 1.54) is 6.07 Å². The molecule has 4 heteroatoms. The van der Waals surface area contributed by atoms with Gasteiger partial charge >= 0.3 is 0 Å². The summed E-state index contributed by atoms with van der Waals surface area (Å²) in [6.07, 6.45) is -0.799. The van der Waals surface area contributed by atoms with Crippen molar-refractivity contribution in [2.24, 2.45) is 0 Å². The summed E-state index contributed by atoms with van der Waals surface area (Å²) in [7, 11) is 1.80. The van der Waals surface area contributed by atoms with Gasteiger partial charge in [-0.1, -0.05) is 12.1 Å². The normalized spacial score (nSPS) is 11.8. The first kappa shape index (κ1) is 15.0. The molecule has 0 aromatic heterocycles. The maximum atomic E-state index is 13.7. The molecule has 0 bridgehead atoms. The Balaban J connectivity index is 2.60. The molecule has 0 aliphatic rings. The van der Waals surface area contributed by atoms with Gasteiger partial charge in [0.2, 0.25) is 0 Å². The van der Waals surface area contributed by atoms with Crippen LogP contribution in [-0.4, -0.2) is 12.2 Å². The number of halogens is 1. The van der Waals surface area contributed by atoms with Crippen molar-refractivity contribution in [3.63, 3.8) is 0 Å². The van der Waals surface area contributed by atoms with E-state index >= 15 is 0 Å². The number of nitrogens with zero attached hydrogens (tertiary/aromatic N) is 2. The molecular formula is C17H17FN2O. The molecular weight excluding hydrogens is 267 g/mol. The quantitative estimate of drug-likeness (QED) is 0.931. The molecule has 1 atom stereocenters. The minimum Gasteiger partial charge on any atom is -0.389 e. The summed E-state index contributed by atoms with van der Waals surface area (Å²) >= 11 is 0. The molecule has 21 heavy (non-hydrogen) atoms. The lowest BCUT2D eigenvalue weighted by Gasteiger charge is -2.25. The number of rotatable bonds is 3. The summed E-state index contributed by atoms with van der Waals surface area (Å²) in [5.41, 5.74) is 2.92. The second kappa shape index (κ2) is 5.94. The number of aryl methyl sites for hydroxylation is 1. The Morgan fingerprint density at radius 3 is 2.52 bits per heavy atom. The summed E-state index contributed by atoms with van der Waals surface area (Å²) < 4.78 is 13.7. The Hall–Kier alpha value is -2.38. The molecule has 0 amide bonds. The predicted octanol–water partition coefficient (Wildman–Crippen LogP) is 3.83. The highest BCUT2D eigenvalue weighted by atomic mass is 19.1. The second-order valence-corrected chi connectivity index (χ2v) is 5.02. The third-order valence-electron chi connectivity index (χ3n) is 3.51. The van der Waals surface area contributed by atoms with E-state index in [0.29, 0.717) is 28.1 Å². The largest absolute Gasteiger partial charge is 0.389 e. The summed E-state index contributed by atoms with van der Waals surface area (Å²) in [5, 5.41) is 19.1. The second-order valence-electron chi connectivity index (χ2n) is 5.02. The number of aliphatic hydroxyl groups is 1. The molecule has 0 heterocycles. The maximum absolute atomic E-state index is 13.7. The van der Waals surface area contributed by atoms with Gasteiger partial charge in [-0.2, -0.15) is 5.26 Å². The monoisotopic (exact) mass is 284 g/mol. The third-order valence-corrected chi connectivity index (χ3v) is 3.51. The van der Waals surface area contributed by atoms with Gasteiger partial charge in [0.25, 0.3) is 0 Å². The van der Waals surface area contributed by atoms with Crippen LogP contribution < -0.4 is 4.90 Å². The van der Waals surface area contributed by atoms with Crippen molar-refractivity contribution in [2.45, 2.75) is 20.0 Å². The highest BCUT2D eigenvalue weighted by Gasteiger charge is 2.17. The Morgan fingerprint density at radius 1 is 1.24 bits per heavy atom. The van der Waals surface area contributed by atoms with Gasteiger partial charge in [0.05, 0.1) is 17.4 Å². The number of anilines is 2. The van der Waals surface area contributed by atoms with Crippen molar-refractivity contribution < 1.29 is 9.50 Å². The minimum atomic E-state index is -0.799. The zero-order chi connectivity index (χ0) is 15.6. The van der Waals surface area contributed by atoms with Crippen LogP contribution in [0.1, 0.15) is 29.7 Å². The van der Waals surface area contributed by atoms with Crippen LogP contribution in [0.4, 0.5) is 15.8 Å². The topological polar surface area (TPSA) is 47.3 Å². The Labute approximate surface area is 123 Å². The molecule has 0 unspecified atom stereocenters. The molecule has 1 N–H and O–H groups in total. The number of benzene rings is 2. The molecule has 2 aromatic carbocycles. The van der Waals surface area contributed by atoms with E-state index in [0.717, 1.165) is 0 Å². The van der Waals surface area contributed by atoms with Gasteiger partial charge in [-0.3, -0.25) is 0 Å². The first-order valence-corrected chi connectivity index (χ1v) is 6.66. The van der Waals surface area contributed by atoms with Crippen molar-refractivity contribution in [3.05, 3.63) is 58.9 Å². The predicted molar refractivity (Wildman–Crippen MR) is 81.0 cm³/mol. The molecule has 0 spiro atoms. The van der Waals surface area contributed by atoms with Crippen LogP contribution in [0.15, 0.2) is 36.4 Å². The minimum absolute atomic E-state index is 0.350. The molecule has 2 aromatic rings. The van der Waals surface area contributed by atoms with Crippen LogP contribution in [-0.2, 0) is 0 Å². The van der Waals surface area contributed by atoms with Crippen molar-refractivity contribution in [3.8, 4) is 6.07 Å². The first-order valence-electron chi connectivity index (χ1n) is 6.66. The number of para-hydroxylation sites is 1. The summed E-state index contributed by atoms with van der Waals surface area (Å²) in [6.45, 7) is 3.27. The fraction of sp³-hybridized carbons (Fsp3) is 0.235. The van der Waals surface area contributed by atoms with Gasteiger partial charge in [-0.25, -0.2) is 4.39 Å².